The highest BCUT2D eigenvalue weighted by atomic mass is 35.5. The Labute approximate surface area is 152 Å². The molecule has 0 aliphatic carbocycles. The molecule has 0 saturated carbocycles. The summed E-state index contributed by atoms with van der Waals surface area (Å²) < 4.78 is 0. The van der Waals surface area contributed by atoms with E-state index < -0.39 is 0 Å². The van der Waals surface area contributed by atoms with Gasteiger partial charge in [0.25, 0.3) is 0 Å². The van der Waals surface area contributed by atoms with Gasteiger partial charge in [-0.3, -0.25) is 9.59 Å². The normalized spacial score (nSPS) is 18.2. The van der Waals surface area contributed by atoms with Crippen LogP contribution in [-0.4, -0.2) is 24.9 Å². The van der Waals surface area contributed by atoms with Crippen LogP contribution in [0.1, 0.15) is 24.8 Å². The van der Waals surface area contributed by atoms with Crippen LogP contribution in [0.2, 0.25) is 5.02 Å². The van der Waals surface area contributed by atoms with E-state index in [1.807, 2.05) is 24.3 Å². The van der Waals surface area contributed by atoms with Crippen molar-refractivity contribution in [2.75, 3.05) is 18.0 Å². The molecule has 0 spiro atoms. The lowest BCUT2D eigenvalue weighted by atomic mass is 10.0. The van der Waals surface area contributed by atoms with Gasteiger partial charge in [-0.1, -0.05) is 54.9 Å². The molecule has 0 bridgehead atoms. The molecular weight excluding hydrogens is 336 g/mol. The molecule has 1 saturated heterocycles. The molecule has 1 N–H and O–H groups in total. The average molecular weight is 357 g/mol. The molecule has 130 valence electrons. The third-order valence-electron chi connectivity index (χ3n) is 4.57. The molecule has 4 nitrogen and oxygen atoms in total. The lowest BCUT2D eigenvalue weighted by Gasteiger charge is -2.18. The molecule has 2 amide bonds. The van der Waals surface area contributed by atoms with Crippen molar-refractivity contribution in [3.63, 3.8) is 0 Å². The number of nitrogens with zero attached hydrogens (tertiary/aromatic N) is 1. The van der Waals surface area contributed by atoms with Crippen molar-refractivity contribution in [3.05, 3.63) is 65.2 Å². The lowest BCUT2D eigenvalue weighted by Crippen LogP contribution is -2.35. The molecular formula is C20H21ClN2O2. The fourth-order valence-corrected chi connectivity index (χ4v) is 3.26. The third kappa shape index (κ3) is 4.20. The second kappa shape index (κ2) is 7.70. The van der Waals surface area contributed by atoms with Crippen molar-refractivity contribution in [1.82, 2.24) is 5.32 Å². The summed E-state index contributed by atoms with van der Waals surface area (Å²) in [6.45, 7) is 3.03. The van der Waals surface area contributed by atoms with Gasteiger partial charge >= 0.3 is 0 Å². The summed E-state index contributed by atoms with van der Waals surface area (Å²) in [6.07, 6.45) is 0.234. The fraction of sp³-hybridized carbons (Fsp3) is 0.300. The molecule has 2 aromatic carbocycles. The summed E-state index contributed by atoms with van der Waals surface area (Å²) in [6, 6.07) is 17.2. The second-order valence-electron chi connectivity index (χ2n) is 6.44. The predicted molar refractivity (Wildman–Crippen MR) is 99.8 cm³/mol. The van der Waals surface area contributed by atoms with Crippen molar-refractivity contribution < 1.29 is 9.59 Å². The van der Waals surface area contributed by atoms with Gasteiger partial charge in [-0.25, -0.2) is 0 Å². The molecule has 1 aliphatic heterocycles. The Bertz CT molecular complexity index is 763. The first-order valence-electron chi connectivity index (χ1n) is 8.43. The van der Waals surface area contributed by atoms with Crippen molar-refractivity contribution in [1.29, 1.82) is 0 Å². The number of rotatable bonds is 5. The second-order valence-corrected chi connectivity index (χ2v) is 6.88. The maximum Gasteiger partial charge on any atom is 0.227 e. The monoisotopic (exact) mass is 356 g/mol. The Morgan fingerprint density at radius 2 is 2.00 bits per heavy atom. The van der Waals surface area contributed by atoms with Crippen molar-refractivity contribution >= 4 is 29.1 Å². The smallest absolute Gasteiger partial charge is 0.227 e. The number of hydrogen-bond donors (Lipinski definition) is 1. The molecule has 0 unspecified atom stereocenters. The van der Waals surface area contributed by atoms with Gasteiger partial charge in [-0.05, 0) is 29.7 Å². The molecule has 2 aromatic rings. The van der Waals surface area contributed by atoms with E-state index in [4.69, 9.17) is 11.6 Å². The Kier molecular flexibility index (Phi) is 5.39. The van der Waals surface area contributed by atoms with Gasteiger partial charge in [0.05, 0.1) is 5.92 Å². The first kappa shape index (κ1) is 17.5. The van der Waals surface area contributed by atoms with E-state index in [1.54, 1.807) is 23.1 Å². The van der Waals surface area contributed by atoms with Crippen molar-refractivity contribution in [2.45, 2.75) is 19.3 Å². The number of benzene rings is 2. The number of carbonyl (C=O) groups is 2. The Balaban J connectivity index is 1.57. The SMILES string of the molecule is C[C@@H](CNC(=O)[C@@H]1CC(=O)N(c2cccc(Cl)c2)C1)c1ccccc1. The van der Waals surface area contributed by atoms with Crippen LogP contribution >= 0.6 is 11.6 Å². The Morgan fingerprint density at radius 3 is 2.72 bits per heavy atom. The van der Waals surface area contributed by atoms with Crippen LogP contribution in [0, 0.1) is 5.92 Å². The molecule has 5 heteroatoms. The topological polar surface area (TPSA) is 49.4 Å². The van der Waals surface area contributed by atoms with E-state index in [-0.39, 0.29) is 30.1 Å². The number of hydrogen-bond acceptors (Lipinski definition) is 2. The third-order valence-corrected chi connectivity index (χ3v) is 4.80. The number of amides is 2. The highest BCUT2D eigenvalue weighted by molar-refractivity contribution is 6.30. The number of anilines is 1. The first-order valence-corrected chi connectivity index (χ1v) is 8.81. The standard InChI is InChI=1S/C20H21ClN2O2/c1-14(15-6-3-2-4-7-15)12-22-20(25)16-10-19(24)23(13-16)18-9-5-8-17(21)11-18/h2-9,11,14,16H,10,12-13H2,1H3,(H,22,25)/t14-,16+/m0/s1. The molecule has 25 heavy (non-hydrogen) atoms. The van der Waals surface area contributed by atoms with Gasteiger partial charge < -0.3 is 10.2 Å². The van der Waals surface area contributed by atoms with Gasteiger partial charge in [0, 0.05) is 30.2 Å². The number of carbonyl (C=O) groups excluding carboxylic acids is 2. The van der Waals surface area contributed by atoms with E-state index in [9.17, 15) is 9.59 Å². The number of nitrogens with one attached hydrogen (secondary N) is 1. The minimum Gasteiger partial charge on any atom is -0.355 e. The average Bonchev–Trinajstić information content (AvgIpc) is 3.02. The minimum atomic E-state index is -0.325. The molecule has 3 rings (SSSR count). The van der Waals surface area contributed by atoms with E-state index >= 15 is 0 Å². The highest BCUT2D eigenvalue weighted by Gasteiger charge is 2.35. The van der Waals surface area contributed by atoms with Gasteiger partial charge in [0.15, 0.2) is 0 Å². The van der Waals surface area contributed by atoms with E-state index in [0.717, 1.165) is 5.69 Å². The Hall–Kier alpha value is -2.33. The van der Waals surface area contributed by atoms with Crippen LogP contribution in [0.15, 0.2) is 54.6 Å². The molecule has 1 aliphatic rings. The molecule has 1 fully saturated rings. The summed E-state index contributed by atoms with van der Waals surface area (Å²) in [7, 11) is 0. The quantitative estimate of drug-likeness (QED) is 0.889. The largest absolute Gasteiger partial charge is 0.355 e. The van der Waals surface area contributed by atoms with Crippen molar-refractivity contribution in [2.24, 2.45) is 5.92 Å². The van der Waals surface area contributed by atoms with E-state index in [1.165, 1.54) is 5.56 Å². The van der Waals surface area contributed by atoms with Crippen LogP contribution in [0.25, 0.3) is 0 Å². The summed E-state index contributed by atoms with van der Waals surface area (Å²) in [5.41, 5.74) is 1.93. The highest BCUT2D eigenvalue weighted by Crippen LogP contribution is 2.27. The van der Waals surface area contributed by atoms with Gasteiger partial charge in [-0.15, -0.1) is 0 Å². The lowest BCUT2D eigenvalue weighted by molar-refractivity contribution is -0.126. The summed E-state index contributed by atoms with van der Waals surface area (Å²) in [5.74, 6) is -0.208. The molecule has 2 atom stereocenters. The van der Waals surface area contributed by atoms with Gasteiger partial charge in [0.1, 0.15) is 0 Å². The first-order chi connectivity index (χ1) is 12.0. The van der Waals surface area contributed by atoms with Crippen molar-refractivity contribution in [3.8, 4) is 0 Å². The zero-order chi connectivity index (χ0) is 17.8. The summed E-state index contributed by atoms with van der Waals surface area (Å²) in [5, 5.41) is 3.56. The summed E-state index contributed by atoms with van der Waals surface area (Å²) >= 11 is 6.00. The predicted octanol–water partition coefficient (Wildman–Crippen LogP) is 3.61. The van der Waals surface area contributed by atoms with Gasteiger partial charge in [-0.2, -0.15) is 0 Å². The van der Waals surface area contributed by atoms with Crippen LogP contribution in [0.3, 0.4) is 0 Å². The van der Waals surface area contributed by atoms with Gasteiger partial charge in [0.2, 0.25) is 11.8 Å². The van der Waals surface area contributed by atoms with E-state index in [2.05, 4.69) is 24.4 Å². The van der Waals surface area contributed by atoms with E-state index in [0.29, 0.717) is 18.1 Å². The maximum atomic E-state index is 12.5. The number of halogens is 1. The molecule has 1 heterocycles. The summed E-state index contributed by atoms with van der Waals surface area (Å²) in [4.78, 5) is 26.4. The van der Waals surface area contributed by atoms with Crippen LogP contribution in [0.4, 0.5) is 5.69 Å². The zero-order valence-electron chi connectivity index (χ0n) is 14.1. The van der Waals surface area contributed by atoms with Crippen LogP contribution < -0.4 is 10.2 Å². The molecule has 0 aromatic heterocycles. The zero-order valence-corrected chi connectivity index (χ0v) is 14.9. The minimum absolute atomic E-state index is 0.0430. The van der Waals surface area contributed by atoms with Crippen LogP contribution in [0.5, 0.6) is 0 Å². The maximum absolute atomic E-state index is 12.5. The Morgan fingerprint density at radius 1 is 1.24 bits per heavy atom. The van der Waals surface area contributed by atoms with Crippen LogP contribution in [-0.2, 0) is 9.59 Å². The fourth-order valence-electron chi connectivity index (χ4n) is 3.07. The molecule has 0 radical (unpaired) electrons.